The van der Waals surface area contributed by atoms with Gasteiger partial charge in [0.2, 0.25) is 0 Å². The summed E-state index contributed by atoms with van der Waals surface area (Å²) >= 11 is 0. The predicted molar refractivity (Wildman–Crippen MR) is 150 cm³/mol. The van der Waals surface area contributed by atoms with E-state index in [2.05, 4.69) is 15.0 Å². The van der Waals surface area contributed by atoms with Crippen LogP contribution in [0.25, 0.3) is 22.2 Å². The molecule has 3 heterocycles. The lowest BCUT2D eigenvalue weighted by molar-refractivity contribution is -0.137. The quantitative estimate of drug-likeness (QED) is 0.174. The third-order valence-electron chi connectivity index (χ3n) is 6.80. The van der Waals surface area contributed by atoms with Crippen molar-refractivity contribution in [2.24, 2.45) is 0 Å². The van der Waals surface area contributed by atoms with Crippen LogP contribution in [0.5, 0.6) is 0 Å². The van der Waals surface area contributed by atoms with Crippen LogP contribution in [0.1, 0.15) is 42.6 Å². The zero-order valence-electron chi connectivity index (χ0n) is 22.2. The number of halogens is 5. The zero-order valence-corrected chi connectivity index (χ0v) is 23.0. The molecule has 0 aliphatic rings. The van der Waals surface area contributed by atoms with Gasteiger partial charge in [-0.2, -0.15) is 13.2 Å². The highest BCUT2D eigenvalue weighted by molar-refractivity contribution is 7.86. The van der Waals surface area contributed by atoms with Gasteiger partial charge in [-0.15, -0.1) is 0 Å². The molecular weight excluding hydrogens is 575 g/mol. The fourth-order valence-electron chi connectivity index (χ4n) is 4.58. The van der Waals surface area contributed by atoms with Gasteiger partial charge in [-0.1, -0.05) is 19.4 Å². The topological polar surface area (TPSA) is 82.1 Å². The second kappa shape index (κ2) is 12.0. The Balaban J connectivity index is 1.55. The molecule has 2 aromatic carbocycles. The van der Waals surface area contributed by atoms with Crippen LogP contribution in [-0.4, -0.2) is 30.8 Å². The Morgan fingerprint density at radius 3 is 2.48 bits per heavy atom. The Morgan fingerprint density at radius 1 is 1.05 bits per heavy atom. The predicted octanol–water partition coefficient (Wildman–Crippen LogP) is 7.33. The van der Waals surface area contributed by atoms with E-state index in [9.17, 15) is 22.5 Å². The van der Waals surface area contributed by atoms with Gasteiger partial charge in [0.25, 0.3) is 0 Å². The van der Waals surface area contributed by atoms with Crippen LogP contribution in [0.3, 0.4) is 0 Å². The van der Waals surface area contributed by atoms with E-state index in [1.54, 1.807) is 30.7 Å². The largest absolute Gasteiger partial charge is 0.416 e. The molecular formula is C30H25F5N4O2S. The number of alkyl halides is 3. The number of unbranched alkanes of at least 4 members (excludes halogenated alkanes) is 1. The normalized spacial score (nSPS) is 13.3. The van der Waals surface area contributed by atoms with Crippen LogP contribution in [0.2, 0.25) is 0 Å². The number of H-pyrrole nitrogens is 1. The van der Waals surface area contributed by atoms with Gasteiger partial charge in [0.15, 0.2) is 16.8 Å². The molecule has 0 amide bonds. The van der Waals surface area contributed by atoms with Gasteiger partial charge in [-0.25, -0.2) is 18.0 Å². The number of rotatable bonds is 9. The summed E-state index contributed by atoms with van der Waals surface area (Å²) in [7, 11) is -2.13. The van der Waals surface area contributed by atoms with Crippen LogP contribution in [0.4, 0.5) is 27.6 Å². The van der Waals surface area contributed by atoms with Gasteiger partial charge in [0, 0.05) is 53.4 Å². The lowest BCUT2D eigenvalue weighted by Crippen LogP contribution is -2.28. The third-order valence-corrected chi connectivity index (χ3v) is 8.25. The van der Waals surface area contributed by atoms with Crippen molar-refractivity contribution in [1.82, 2.24) is 15.0 Å². The maximum Gasteiger partial charge on any atom is 0.416 e. The van der Waals surface area contributed by atoms with E-state index in [0.29, 0.717) is 29.4 Å². The van der Waals surface area contributed by atoms with E-state index in [-0.39, 0.29) is 22.7 Å². The van der Waals surface area contributed by atoms with E-state index >= 15 is 8.78 Å². The minimum absolute atomic E-state index is 0.00978. The van der Waals surface area contributed by atoms with Gasteiger partial charge in [-0.05, 0) is 55.0 Å². The molecule has 6 nitrogen and oxygen atoms in total. The standard InChI is InChI=1S/C30H25F5N4O2S/c1-2-3-13-39(42(41)21-8-6-20(7-9-21)30(33,34)35)25-11-10-24(31)26(27(25)32)28(40)23-17-38-29-22(23)14-19(16-37-29)18-5-4-12-36-15-18/h4-12,14-17,28,40H,2-3,13H2,1H3,(H,37,38). The fourth-order valence-corrected chi connectivity index (χ4v) is 5.82. The number of aliphatic hydroxyl groups excluding tert-OH is 1. The van der Waals surface area contributed by atoms with E-state index in [0.717, 1.165) is 46.3 Å². The number of fused-ring (bicyclic) bond motifs is 1. The summed E-state index contributed by atoms with van der Waals surface area (Å²) in [5.74, 6) is -2.16. The highest BCUT2D eigenvalue weighted by Crippen LogP contribution is 2.37. The number of nitrogens with zero attached hydrogens (tertiary/aromatic N) is 3. The molecule has 0 aliphatic carbocycles. The number of aromatic amines is 1. The molecule has 0 radical (unpaired) electrons. The highest BCUT2D eigenvalue weighted by atomic mass is 32.2. The fraction of sp³-hybridized carbons (Fsp3) is 0.200. The van der Waals surface area contributed by atoms with Crippen molar-refractivity contribution >= 4 is 27.7 Å². The number of benzene rings is 2. The van der Waals surface area contributed by atoms with E-state index in [1.165, 1.54) is 6.20 Å². The molecule has 2 unspecified atom stereocenters. The van der Waals surface area contributed by atoms with Crippen LogP contribution in [0.15, 0.2) is 84.3 Å². The Morgan fingerprint density at radius 2 is 1.81 bits per heavy atom. The maximum atomic E-state index is 16.1. The Bertz CT molecular complexity index is 1730. The first kappa shape index (κ1) is 29.3. The first-order valence-corrected chi connectivity index (χ1v) is 14.1. The van der Waals surface area contributed by atoms with E-state index in [4.69, 9.17) is 0 Å². The second-order valence-electron chi connectivity index (χ2n) is 9.53. The number of hydrogen-bond donors (Lipinski definition) is 2. The highest BCUT2D eigenvalue weighted by Gasteiger charge is 2.31. The van der Waals surface area contributed by atoms with E-state index < -0.39 is 46.0 Å². The van der Waals surface area contributed by atoms with Gasteiger partial charge in [0.05, 0.1) is 21.7 Å². The number of hydrogen-bond acceptors (Lipinski definition) is 4. The molecule has 12 heteroatoms. The number of nitrogens with one attached hydrogen (secondary N) is 1. The summed E-state index contributed by atoms with van der Waals surface area (Å²) in [4.78, 5) is 11.4. The average Bonchev–Trinajstić information content (AvgIpc) is 3.41. The Kier molecular flexibility index (Phi) is 8.37. The zero-order chi connectivity index (χ0) is 30.0. The van der Waals surface area contributed by atoms with Crippen molar-refractivity contribution < 1.29 is 31.3 Å². The van der Waals surface area contributed by atoms with Gasteiger partial charge in [-0.3, -0.25) is 9.29 Å². The first-order chi connectivity index (χ1) is 20.1. The van der Waals surface area contributed by atoms with Crippen LogP contribution in [-0.2, 0) is 17.2 Å². The van der Waals surface area contributed by atoms with Gasteiger partial charge in [0.1, 0.15) is 17.6 Å². The first-order valence-electron chi connectivity index (χ1n) is 13.0. The molecule has 0 bridgehead atoms. The van der Waals surface area contributed by atoms with Crippen molar-refractivity contribution in [3.63, 3.8) is 0 Å². The van der Waals surface area contributed by atoms with Crippen molar-refractivity contribution in [3.8, 4) is 11.1 Å². The summed E-state index contributed by atoms with van der Waals surface area (Å²) in [6.07, 6.45) is 1.03. The van der Waals surface area contributed by atoms with Crippen molar-refractivity contribution in [1.29, 1.82) is 0 Å². The molecule has 3 aromatic heterocycles. The van der Waals surface area contributed by atoms with E-state index in [1.807, 2.05) is 13.0 Å². The summed E-state index contributed by atoms with van der Waals surface area (Å²) in [5, 5.41) is 11.7. The average molecular weight is 601 g/mol. The van der Waals surface area contributed by atoms with Gasteiger partial charge >= 0.3 is 6.18 Å². The van der Waals surface area contributed by atoms with Gasteiger partial charge < -0.3 is 10.1 Å². The Hall–Kier alpha value is -4.16. The number of anilines is 1. The van der Waals surface area contributed by atoms with Crippen molar-refractivity contribution in [3.05, 3.63) is 108 Å². The summed E-state index contributed by atoms with van der Waals surface area (Å²) in [5.41, 5.74) is 0.156. The van der Waals surface area contributed by atoms with Crippen molar-refractivity contribution in [2.75, 3.05) is 10.8 Å². The molecule has 2 atom stereocenters. The number of aliphatic hydroxyl groups is 1. The van der Waals surface area contributed by atoms with Crippen LogP contribution < -0.4 is 4.31 Å². The SMILES string of the molecule is CCCCN(c1ccc(F)c(C(O)c2c[nH]c3ncc(-c4cccnc4)cc23)c1F)S(=O)c1ccc(C(F)(F)F)cc1. The molecule has 42 heavy (non-hydrogen) atoms. The molecule has 218 valence electrons. The molecule has 0 aliphatic heterocycles. The second-order valence-corrected chi connectivity index (χ2v) is 10.9. The maximum absolute atomic E-state index is 16.1. The summed E-state index contributed by atoms with van der Waals surface area (Å²) in [6.45, 7) is 1.92. The minimum Gasteiger partial charge on any atom is -0.383 e. The summed E-state index contributed by atoms with van der Waals surface area (Å²) in [6, 6.07) is 11.1. The molecule has 0 fully saturated rings. The van der Waals surface area contributed by atoms with Crippen LogP contribution >= 0.6 is 0 Å². The summed E-state index contributed by atoms with van der Waals surface area (Å²) < 4.78 is 85.1. The lowest BCUT2D eigenvalue weighted by atomic mass is 9.98. The molecule has 0 spiro atoms. The number of pyridine rings is 2. The lowest BCUT2D eigenvalue weighted by Gasteiger charge is -2.26. The van der Waals surface area contributed by atoms with Crippen molar-refractivity contribution in [2.45, 2.75) is 36.9 Å². The molecule has 0 saturated heterocycles. The van der Waals surface area contributed by atoms with Crippen LogP contribution in [0, 0.1) is 11.6 Å². The Labute approximate surface area is 240 Å². The molecule has 0 saturated carbocycles. The molecule has 5 aromatic rings. The molecule has 2 N–H and O–H groups in total. The third kappa shape index (κ3) is 5.77. The monoisotopic (exact) mass is 600 g/mol. The smallest absolute Gasteiger partial charge is 0.383 e. The number of aromatic nitrogens is 3. The minimum atomic E-state index is -4.58. The molecule has 5 rings (SSSR count).